The normalized spacial score (nSPS) is 15.8. The van der Waals surface area contributed by atoms with Gasteiger partial charge in [-0.25, -0.2) is 0 Å². The van der Waals surface area contributed by atoms with Crippen LogP contribution in [0.3, 0.4) is 0 Å². The van der Waals surface area contributed by atoms with E-state index in [1.807, 2.05) is 0 Å². The van der Waals surface area contributed by atoms with Crippen LogP contribution in [0, 0.1) is 5.92 Å². The molecule has 2 rings (SSSR count). The Hall–Kier alpha value is -1.26. The summed E-state index contributed by atoms with van der Waals surface area (Å²) in [5, 5.41) is 15.6. The number of carbonyl (C=O) groups excluding carboxylic acids is 1. The number of benzene rings is 1. The molecule has 5 heteroatoms. The molecular formula is C13H19ClN2O2. The summed E-state index contributed by atoms with van der Waals surface area (Å²) in [6.07, 6.45) is 2.64. The SMILES string of the molecule is Cl.O=C(CC1CCNCC1)Nc1ccccc1O. The lowest BCUT2D eigenvalue weighted by atomic mass is 9.94. The minimum atomic E-state index is -0.0154. The quantitative estimate of drug-likeness (QED) is 0.738. The van der Waals surface area contributed by atoms with Gasteiger partial charge in [-0.1, -0.05) is 12.1 Å². The molecule has 1 aromatic rings. The molecule has 0 unspecified atom stereocenters. The second kappa shape index (κ2) is 7.24. The molecule has 1 heterocycles. The first-order chi connectivity index (χ1) is 8.25. The summed E-state index contributed by atoms with van der Waals surface area (Å²) in [6, 6.07) is 6.80. The molecule has 1 aliphatic rings. The van der Waals surface area contributed by atoms with Crippen molar-refractivity contribution in [2.45, 2.75) is 19.3 Å². The van der Waals surface area contributed by atoms with Gasteiger partial charge < -0.3 is 15.7 Å². The molecule has 3 N–H and O–H groups in total. The second-order valence-electron chi connectivity index (χ2n) is 4.46. The Bertz CT molecular complexity index is 392. The van der Waals surface area contributed by atoms with Gasteiger partial charge in [-0.2, -0.15) is 0 Å². The Morgan fingerprint density at radius 2 is 2.00 bits per heavy atom. The number of anilines is 1. The minimum absolute atomic E-state index is 0. The van der Waals surface area contributed by atoms with Crippen molar-refractivity contribution in [2.24, 2.45) is 5.92 Å². The maximum absolute atomic E-state index is 11.8. The van der Waals surface area contributed by atoms with Crippen molar-refractivity contribution in [3.05, 3.63) is 24.3 Å². The maximum atomic E-state index is 11.8. The van der Waals surface area contributed by atoms with E-state index in [0.717, 1.165) is 25.9 Å². The zero-order valence-corrected chi connectivity index (χ0v) is 11.0. The van der Waals surface area contributed by atoms with Crippen LogP contribution < -0.4 is 10.6 Å². The molecule has 0 spiro atoms. The van der Waals surface area contributed by atoms with Gasteiger partial charge in [-0.05, 0) is 44.0 Å². The van der Waals surface area contributed by atoms with Gasteiger partial charge in [-0.15, -0.1) is 12.4 Å². The number of piperidine rings is 1. The smallest absolute Gasteiger partial charge is 0.224 e. The number of nitrogens with one attached hydrogen (secondary N) is 2. The molecule has 100 valence electrons. The molecule has 18 heavy (non-hydrogen) atoms. The molecule has 1 amide bonds. The zero-order valence-electron chi connectivity index (χ0n) is 10.2. The van der Waals surface area contributed by atoms with Crippen molar-refractivity contribution in [3.8, 4) is 5.75 Å². The summed E-state index contributed by atoms with van der Waals surface area (Å²) in [7, 11) is 0. The molecule has 0 bridgehead atoms. The highest BCUT2D eigenvalue weighted by Crippen LogP contribution is 2.23. The van der Waals surface area contributed by atoms with E-state index >= 15 is 0 Å². The highest BCUT2D eigenvalue weighted by molar-refractivity contribution is 5.92. The topological polar surface area (TPSA) is 61.4 Å². The van der Waals surface area contributed by atoms with Crippen molar-refractivity contribution in [1.82, 2.24) is 5.32 Å². The number of hydrogen-bond acceptors (Lipinski definition) is 3. The van der Waals surface area contributed by atoms with Gasteiger partial charge >= 0.3 is 0 Å². The first-order valence-electron chi connectivity index (χ1n) is 6.04. The first kappa shape index (κ1) is 14.8. The predicted octanol–water partition coefficient (Wildman–Crippen LogP) is 2.14. The fourth-order valence-electron chi connectivity index (χ4n) is 2.13. The van der Waals surface area contributed by atoms with Crippen LogP contribution >= 0.6 is 12.4 Å². The Kier molecular flexibility index (Phi) is 5.95. The summed E-state index contributed by atoms with van der Waals surface area (Å²) in [4.78, 5) is 11.8. The number of phenols is 1. The van der Waals surface area contributed by atoms with Gasteiger partial charge in [0, 0.05) is 6.42 Å². The highest BCUT2D eigenvalue weighted by atomic mass is 35.5. The van der Waals surface area contributed by atoms with E-state index in [1.165, 1.54) is 0 Å². The third kappa shape index (κ3) is 4.20. The van der Waals surface area contributed by atoms with Crippen LogP contribution in [-0.4, -0.2) is 24.1 Å². The Morgan fingerprint density at radius 1 is 1.33 bits per heavy atom. The number of para-hydroxylation sites is 2. The van der Waals surface area contributed by atoms with Crippen LogP contribution in [0.5, 0.6) is 5.75 Å². The standard InChI is InChI=1S/C13H18N2O2.ClH/c16-12-4-2-1-3-11(12)15-13(17)9-10-5-7-14-8-6-10;/h1-4,10,14,16H,5-9H2,(H,15,17);1H. The molecule has 0 radical (unpaired) electrons. The van der Waals surface area contributed by atoms with Crippen LogP contribution in [0.4, 0.5) is 5.69 Å². The van der Waals surface area contributed by atoms with E-state index in [9.17, 15) is 9.90 Å². The number of aromatic hydroxyl groups is 1. The fraction of sp³-hybridized carbons (Fsp3) is 0.462. The van der Waals surface area contributed by atoms with Gasteiger partial charge in [-0.3, -0.25) is 4.79 Å². The third-order valence-electron chi connectivity index (χ3n) is 3.11. The summed E-state index contributed by atoms with van der Waals surface area (Å²) < 4.78 is 0. The molecule has 4 nitrogen and oxygen atoms in total. The summed E-state index contributed by atoms with van der Waals surface area (Å²) in [6.45, 7) is 1.99. The van der Waals surface area contributed by atoms with Crippen LogP contribution in [0.15, 0.2) is 24.3 Å². The number of rotatable bonds is 3. The van der Waals surface area contributed by atoms with Crippen LogP contribution in [0.25, 0.3) is 0 Å². The largest absolute Gasteiger partial charge is 0.506 e. The molecule has 1 saturated heterocycles. The van der Waals surface area contributed by atoms with Crippen molar-refractivity contribution >= 4 is 24.0 Å². The number of halogens is 1. The lowest BCUT2D eigenvalue weighted by molar-refractivity contribution is -0.117. The molecule has 1 fully saturated rings. The number of phenolic OH excluding ortho intramolecular Hbond substituents is 1. The fourth-order valence-corrected chi connectivity index (χ4v) is 2.13. The van der Waals surface area contributed by atoms with Gasteiger partial charge in [0.25, 0.3) is 0 Å². The number of hydrogen-bond donors (Lipinski definition) is 3. The Labute approximate surface area is 113 Å². The molecule has 1 aromatic carbocycles. The molecule has 0 aliphatic carbocycles. The number of amides is 1. The van der Waals surface area contributed by atoms with Crippen LogP contribution in [-0.2, 0) is 4.79 Å². The number of carbonyl (C=O) groups is 1. The van der Waals surface area contributed by atoms with Crippen LogP contribution in [0.1, 0.15) is 19.3 Å². The van der Waals surface area contributed by atoms with Crippen molar-refractivity contribution in [1.29, 1.82) is 0 Å². The average Bonchev–Trinajstić information content (AvgIpc) is 2.33. The maximum Gasteiger partial charge on any atom is 0.224 e. The molecule has 0 saturated carbocycles. The van der Waals surface area contributed by atoms with Crippen LogP contribution in [0.2, 0.25) is 0 Å². The van der Waals surface area contributed by atoms with E-state index < -0.39 is 0 Å². The van der Waals surface area contributed by atoms with E-state index in [2.05, 4.69) is 10.6 Å². The molecule has 0 aromatic heterocycles. The predicted molar refractivity (Wildman–Crippen MR) is 74.2 cm³/mol. The Morgan fingerprint density at radius 3 is 2.67 bits per heavy atom. The zero-order chi connectivity index (χ0) is 12.1. The van der Waals surface area contributed by atoms with Crippen molar-refractivity contribution < 1.29 is 9.90 Å². The summed E-state index contributed by atoms with van der Waals surface area (Å²) in [5.41, 5.74) is 0.492. The van der Waals surface area contributed by atoms with E-state index in [1.54, 1.807) is 24.3 Å². The van der Waals surface area contributed by atoms with Gasteiger partial charge in [0.05, 0.1) is 5.69 Å². The van der Waals surface area contributed by atoms with Crippen molar-refractivity contribution in [2.75, 3.05) is 18.4 Å². The minimum Gasteiger partial charge on any atom is -0.506 e. The lowest BCUT2D eigenvalue weighted by Crippen LogP contribution is -2.30. The van der Waals surface area contributed by atoms with E-state index in [4.69, 9.17) is 0 Å². The van der Waals surface area contributed by atoms with Gasteiger partial charge in [0.15, 0.2) is 0 Å². The molecular weight excluding hydrogens is 252 g/mol. The first-order valence-corrected chi connectivity index (χ1v) is 6.04. The van der Waals surface area contributed by atoms with Gasteiger partial charge in [0.2, 0.25) is 5.91 Å². The van der Waals surface area contributed by atoms with Gasteiger partial charge in [0.1, 0.15) is 5.75 Å². The molecule has 0 atom stereocenters. The highest BCUT2D eigenvalue weighted by Gasteiger charge is 2.17. The second-order valence-corrected chi connectivity index (χ2v) is 4.46. The summed E-state index contributed by atoms with van der Waals surface area (Å²) in [5.74, 6) is 0.562. The van der Waals surface area contributed by atoms with Crippen molar-refractivity contribution in [3.63, 3.8) is 0 Å². The third-order valence-corrected chi connectivity index (χ3v) is 3.11. The monoisotopic (exact) mass is 270 g/mol. The lowest BCUT2D eigenvalue weighted by Gasteiger charge is -2.21. The van der Waals surface area contributed by atoms with E-state index in [-0.39, 0.29) is 24.1 Å². The summed E-state index contributed by atoms with van der Waals surface area (Å²) >= 11 is 0. The van der Waals surface area contributed by atoms with E-state index in [0.29, 0.717) is 18.0 Å². The average molecular weight is 271 g/mol. The molecule has 1 aliphatic heterocycles. The Balaban J connectivity index is 0.00000162.